The average Bonchev–Trinajstić information content (AvgIpc) is 2.48. The Labute approximate surface area is 136 Å². The van der Waals surface area contributed by atoms with Gasteiger partial charge in [0.05, 0.1) is 0 Å². The van der Waals surface area contributed by atoms with Crippen molar-refractivity contribution in [3.8, 4) is 0 Å². The highest BCUT2D eigenvalue weighted by Gasteiger charge is 2.32. The zero-order valence-electron chi connectivity index (χ0n) is 14.2. The van der Waals surface area contributed by atoms with E-state index < -0.39 is 11.6 Å². The molecule has 4 nitrogen and oxygen atoms in total. The molecule has 0 spiro atoms. The van der Waals surface area contributed by atoms with Crippen LogP contribution in [0.25, 0.3) is 0 Å². The molecule has 2 unspecified atom stereocenters. The van der Waals surface area contributed by atoms with E-state index >= 15 is 0 Å². The Morgan fingerprint density at radius 1 is 1.17 bits per heavy atom. The van der Waals surface area contributed by atoms with E-state index in [1.54, 1.807) is 4.90 Å². The summed E-state index contributed by atoms with van der Waals surface area (Å²) in [6.45, 7) is 7.28. The zero-order valence-corrected chi connectivity index (χ0v) is 14.2. The van der Waals surface area contributed by atoms with E-state index in [2.05, 4.69) is 23.6 Å². The third-order valence-electron chi connectivity index (χ3n) is 4.36. The van der Waals surface area contributed by atoms with Crippen LogP contribution in [0.5, 0.6) is 0 Å². The molecule has 0 bridgehead atoms. The maximum Gasteiger partial charge on any atom is 0.254 e. The van der Waals surface area contributed by atoms with Crippen LogP contribution in [0.3, 0.4) is 0 Å². The molecule has 23 heavy (non-hydrogen) atoms. The van der Waals surface area contributed by atoms with Gasteiger partial charge in [0.15, 0.2) is 11.6 Å². The summed E-state index contributed by atoms with van der Waals surface area (Å²) >= 11 is 0. The predicted molar refractivity (Wildman–Crippen MR) is 86.4 cm³/mol. The highest BCUT2D eigenvalue weighted by atomic mass is 19.2. The van der Waals surface area contributed by atoms with Gasteiger partial charge in [-0.05, 0) is 46.1 Å². The summed E-state index contributed by atoms with van der Waals surface area (Å²) in [5, 5.41) is 0. The largest absolute Gasteiger partial charge is 0.336 e. The van der Waals surface area contributed by atoms with Gasteiger partial charge in [0, 0.05) is 43.8 Å². The number of nitrogens with zero attached hydrogens (tertiary/aromatic N) is 3. The summed E-state index contributed by atoms with van der Waals surface area (Å²) in [5.74, 6) is -2.16. The molecule has 1 amide bonds. The van der Waals surface area contributed by atoms with E-state index in [0.29, 0.717) is 13.1 Å². The van der Waals surface area contributed by atoms with Gasteiger partial charge >= 0.3 is 0 Å². The van der Waals surface area contributed by atoms with Crippen molar-refractivity contribution in [3.05, 3.63) is 35.4 Å². The molecule has 1 aliphatic heterocycles. The number of hydrogen-bond donors (Lipinski definition) is 0. The maximum absolute atomic E-state index is 13.3. The third kappa shape index (κ3) is 4.26. The first-order valence-corrected chi connectivity index (χ1v) is 7.94. The molecule has 1 heterocycles. The van der Waals surface area contributed by atoms with Crippen LogP contribution < -0.4 is 0 Å². The highest BCUT2D eigenvalue weighted by Crippen LogP contribution is 2.19. The molecule has 128 valence electrons. The number of likely N-dealkylation sites (N-methyl/N-ethyl adjacent to an activating group) is 1. The van der Waals surface area contributed by atoms with Gasteiger partial charge in [-0.1, -0.05) is 0 Å². The van der Waals surface area contributed by atoms with Gasteiger partial charge in [0.1, 0.15) is 0 Å². The molecule has 1 saturated heterocycles. The number of hydrogen-bond acceptors (Lipinski definition) is 3. The minimum Gasteiger partial charge on any atom is -0.336 e. The molecule has 0 saturated carbocycles. The van der Waals surface area contributed by atoms with Crippen LogP contribution in [0.2, 0.25) is 0 Å². The van der Waals surface area contributed by atoms with Crippen molar-refractivity contribution < 1.29 is 13.6 Å². The lowest BCUT2D eigenvalue weighted by Gasteiger charge is -2.44. The normalized spacial score (nSPS) is 22.7. The standard InChI is InChI=1S/C17H25F2N3O/c1-12-10-21(11-13(2)22(12)8-7-20(3)4)17(23)14-5-6-15(18)16(19)9-14/h5-6,9,12-13H,7-8,10-11H2,1-4H3. The lowest BCUT2D eigenvalue weighted by Crippen LogP contribution is -2.59. The Hall–Kier alpha value is -1.53. The monoisotopic (exact) mass is 325 g/mol. The summed E-state index contributed by atoms with van der Waals surface area (Å²) in [6.07, 6.45) is 0. The highest BCUT2D eigenvalue weighted by molar-refractivity contribution is 5.94. The first-order valence-electron chi connectivity index (χ1n) is 7.94. The Morgan fingerprint density at radius 2 is 1.78 bits per heavy atom. The fraction of sp³-hybridized carbons (Fsp3) is 0.588. The minimum absolute atomic E-state index is 0.199. The molecule has 2 rings (SSSR count). The topological polar surface area (TPSA) is 26.8 Å². The van der Waals surface area contributed by atoms with Gasteiger partial charge in [-0.15, -0.1) is 0 Å². The fourth-order valence-corrected chi connectivity index (χ4v) is 3.09. The van der Waals surface area contributed by atoms with Crippen molar-refractivity contribution in [2.24, 2.45) is 0 Å². The van der Waals surface area contributed by atoms with Crippen molar-refractivity contribution in [1.82, 2.24) is 14.7 Å². The second-order valence-corrected chi connectivity index (χ2v) is 6.58. The maximum atomic E-state index is 13.3. The molecule has 0 aliphatic carbocycles. The van der Waals surface area contributed by atoms with E-state index in [0.717, 1.165) is 25.2 Å². The van der Waals surface area contributed by atoms with Crippen LogP contribution in [0.1, 0.15) is 24.2 Å². The molecule has 2 atom stereocenters. The second-order valence-electron chi connectivity index (χ2n) is 6.58. The van der Waals surface area contributed by atoms with Crippen LogP contribution >= 0.6 is 0 Å². The molecule has 0 radical (unpaired) electrons. The molecule has 1 aliphatic rings. The molecule has 1 aromatic rings. The molecular weight excluding hydrogens is 300 g/mol. The quantitative estimate of drug-likeness (QED) is 0.848. The summed E-state index contributed by atoms with van der Waals surface area (Å²) in [4.78, 5) is 18.8. The van der Waals surface area contributed by atoms with Gasteiger partial charge in [-0.3, -0.25) is 9.69 Å². The van der Waals surface area contributed by atoms with E-state index in [9.17, 15) is 13.6 Å². The van der Waals surface area contributed by atoms with Crippen LogP contribution in [0, 0.1) is 11.6 Å². The van der Waals surface area contributed by atoms with Crippen LogP contribution in [-0.2, 0) is 0 Å². The number of carbonyl (C=O) groups is 1. The van der Waals surface area contributed by atoms with E-state index in [1.165, 1.54) is 6.07 Å². The van der Waals surface area contributed by atoms with E-state index in [1.807, 2.05) is 14.1 Å². The minimum atomic E-state index is -0.985. The van der Waals surface area contributed by atoms with Crippen LogP contribution in [0.15, 0.2) is 18.2 Å². The summed E-state index contributed by atoms with van der Waals surface area (Å²) < 4.78 is 26.4. The Balaban J connectivity index is 2.05. The van der Waals surface area contributed by atoms with Gasteiger partial charge in [-0.2, -0.15) is 0 Å². The van der Waals surface area contributed by atoms with E-state index in [4.69, 9.17) is 0 Å². The zero-order chi connectivity index (χ0) is 17.1. The molecule has 0 aromatic heterocycles. The molecule has 6 heteroatoms. The van der Waals surface area contributed by atoms with Crippen LogP contribution in [0.4, 0.5) is 8.78 Å². The van der Waals surface area contributed by atoms with Gasteiger partial charge in [0.2, 0.25) is 0 Å². The fourth-order valence-electron chi connectivity index (χ4n) is 3.09. The Bertz CT molecular complexity index is 553. The van der Waals surface area contributed by atoms with Crippen molar-refractivity contribution in [3.63, 3.8) is 0 Å². The summed E-state index contributed by atoms with van der Waals surface area (Å²) in [6, 6.07) is 3.78. The first-order chi connectivity index (χ1) is 10.8. The van der Waals surface area contributed by atoms with Crippen molar-refractivity contribution >= 4 is 5.91 Å². The lowest BCUT2D eigenvalue weighted by molar-refractivity contribution is 0.0282. The van der Waals surface area contributed by atoms with Crippen molar-refractivity contribution in [2.75, 3.05) is 40.3 Å². The number of halogens is 2. The number of benzene rings is 1. The second kappa shape index (κ2) is 7.36. The number of amides is 1. The van der Waals surface area contributed by atoms with Gasteiger partial charge in [0.25, 0.3) is 5.91 Å². The summed E-state index contributed by atoms with van der Waals surface area (Å²) in [7, 11) is 4.08. The number of carbonyl (C=O) groups excluding carboxylic acids is 1. The van der Waals surface area contributed by atoms with Crippen molar-refractivity contribution in [2.45, 2.75) is 25.9 Å². The Kier molecular flexibility index (Phi) is 5.70. The summed E-state index contributed by atoms with van der Waals surface area (Å²) in [5.41, 5.74) is 0.199. The molecular formula is C17H25F2N3O. The molecule has 1 aromatic carbocycles. The molecule has 0 N–H and O–H groups in total. The van der Waals surface area contributed by atoms with Gasteiger partial charge < -0.3 is 9.80 Å². The third-order valence-corrected chi connectivity index (χ3v) is 4.36. The van der Waals surface area contributed by atoms with Crippen molar-refractivity contribution in [1.29, 1.82) is 0 Å². The van der Waals surface area contributed by atoms with Crippen LogP contribution in [-0.4, -0.2) is 73.0 Å². The molecule has 1 fully saturated rings. The Morgan fingerprint density at radius 3 is 2.30 bits per heavy atom. The smallest absolute Gasteiger partial charge is 0.254 e. The average molecular weight is 325 g/mol. The lowest BCUT2D eigenvalue weighted by atomic mass is 10.1. The van der Waals surface area contributed by atoms with Gasteiger partial charge in [-0.25, -0.2) is 8.78 Å². The SMILES string of the molecule is CC1CN(C(=O)c2ccc(F)c(F)c2)CC(C)N1CCN(C)C. The number of piperazine rings is 1. The number of rotatable bonds is 4. The first kappa shape index (κ1) is 17.8. The van der Waals surface area contributed by atoms with E-state index in [-0.39, 0.29) is 23.6 Å². The predicted octanol–water partition coefficient (Wildman–Crippen LogP) is 2.06.